The van der Waals surface area contributed by atoms with E-state index >= 15 is 0 Å². The van der Waals surface area contributed by atoms with E-state index in [4.69, 9.17) is 19.4 Å². The molecule has 0 atom stereocenters. The van der Waals surface area contributed by atoms with Crippen molar-refractivity contribution >= 4 is 25.0 Å². The first-order valence-electron chi connectivity index (χ1n) is 2.17. The van der Waals surface area contributed by atoms with Crippen molar-refractivity contribution in [2.75, 3.05) is 0 Å². The zero-order chi connectivity index (χ0) is 5.98. The molecule has 0 aliphatic carbocycles. The molecule has 0 spiro atoms. The molecule has 1 aromatic heterocycles. The minimum atomic E-state index is 0.435. The Bertz CT molecular complexity index is 172. The van der Waals surface area contributed by atoms with E-state index in [0.717, 1.165) is 0 Å². The second kappa shape index (κ2) is 2.18. The van der Waals surface area contributed by atoms with Crippen molar-refractivity contribution in [2.45, 2.75) is 0 Å². The zero-order valence-electron chi connectivity index (χ0n) is 4.13. The summed E-state index contributed by atoms with van der Waals surface area (Å²) in [7, 11) is 5.26. The number of pyridine rings is 1. The summed E-state index contributed by atoms with van der Waals surface area (Å²) >= 11 is 5.45. The first-order valence-corrected chi connectivity index (χ1v) is 2.55. The van der Waals surface area contributed by atoms with Gasteiger partial charge in [-0.3, -0.25) is 4.98 Å². The number of aromatic nitrogens is 1. The number of hydrogen-bond acceptors (Lipinski definition) is 1. The first-order chi connectivity index (χ1) is 3.79. The Hall–Kier alpha value is -0.495. The molecular weight excluding hydrogens is 120 g/mol. The average molecular weight is 123 g/mol. The number of halogens is 1. The van der Waals surface area contributed by atoms with Gasteiger partial charge in [-0.25, -0.2) is 0 Å². The largest absolute Gasteiger partial charge is 0.253 e. The van der Waals surface area contributed by atoms with E-state index in [2.05, 4.69) is 4.98 Å². The molecule has 1 nitrogen and oxygen atoms in total. The van der Waals surface area contributed by atoms with Crippen molar-refractivity contribution in [1.82, 2.24) is 4.98 Å². The van der Waals surface area contributed by atoms with Crippen LogP contribution in [0.3, 0.4) is 0 Å². The van der Waals surface area contributed by atoms with Crippen LogP contribution in [0.15, 0.2) is 18.2 Å². The van der Waals surface area contributed by atoms with Gasteiger partial charge in [-0.15, -0.1) is 0 Å². The first kappa shape index (κ1) is 5.64. The van der Waals surface area contributed by atoms with Gasteiger partial charge in [0.15, 0.2) is 0 Å². The SMILES string of the molecule is [B]c1cccc(Cl)n1. The third-order valence-corrected chi connectivity index (χ3v) is 0.947. The second-order valence-electron chi connectivity index (χ2n) is 1.39. The quantitative estimate of drug-likeness (QED) is 0.362. The molecule has 0 amide bonds. The molecule has 1 aromatic rings. The summed E-state index contributed by atoms with van der Waals surface area (Å²) in [6.07, 6.45) is 0. The van der Waals surface area contributed by atoms with E-state index in [0.29, 0.717) is 10.7 Å². The van der Waals surface area contributed by atoms with Crippen molar-refractivity contribution in [1.29, 1.82) is 0 Å². The number of hydrogen-bond donors (Lipinski definition) is 0. The van der Waals surface area contributed by atoms with Crippen LogP contribution in [0.25, 0.3) is 0 Å². The molecule has 0 unspecified atom stereocenters. The Morgan fingerprint density at radius 3 is 2.62 bits per heavy atom. The lowest BCUT2D eigenvalue weighted by Crippen LogP contribution is -2.05. The van der Waals surface area contributed by atoms with Crippen molar-refractivity contribution < 1.29 is 0 Å². The molecule has 1 rings (SSSR count). The monoisotopic (exact) mass is 123 g/mol. The molecular formula is C5H3BClN. The molecule has 0 saturated carbocycles. The van der Waals surface area contributed by atoms with Gasteiger partial charge in [-0.05, 0) is 11.7 Å². The Labute approximate surface area is 54.1 Å². The summed E-state index contributed by atoms with van der Waals surface area (Å²) in [5.41, 5.74) is 0.456. The molecule has 3 heteroatoms. The summed E-state index contributed by atoms with van der Waals surface area (Å²) < 4.78 is 0. The van der Waals surface area contributed by atoms with Gasteiger partial charge in [-0.2, -0.15) is 0 Å². The summed E-state index contributed by atoms with van der Waals surface area (Å²) in [6.45, 7) is 0. The fourth-order valence-corrected chi connectivity index (χ4v) is 0.594. The van der Waals surface area contributed by atoms with Gasteiger partial charge in [0.1, 0.15) is 13.0 Å². The predicted molar refractivity (Wildman–Crippen MR) is 34.6 cm³/mol. The summed E-state index contributed by atoms with van der Waals surface area (Å²) in [5, 5.41) is 0.435. The highest BCUT2D eigenvalue weighted by molar-refractivity contribution is 6.33. The van der Waals surface area contributed by atoms with Crippen LogP contribution in [0.5, 0.6) is 0 Å². The Morgan fingerprint density at radius 1 is 1.50 bits per heavy atom. The van der Waals surface area contributed by atoms with Gasteiger partial charge in [-0.1, -0.05) is 23.7 Å². The zero-order valence-corrected chi connectivity index (χ0v) is 4.89. The van der Waals surface area contributed by atoms with Gasteiger partial charge in [0, 0.05) is 0 Å². The summed E-state index contributed by atoms with van der Waals surface area (Å²) in [4.78, 5) is 3.72. The van der Waals surface area contributed by atoms with Crippen LogP contribution in [0.2, 0.25) is 5.15 Å². The molecule has 38 valence electrons. The fourth-order valence-electron chi connectivity index (χ4n) is 0.424. The third-order valence-electron chi connectivity index (χ3n) is 0.737. The molecule has 0 fully saturated rings. The highest BCUT2D eigenvalue weighted by Crippen LogP contribution is 1.96. The molecule has 0 aromatic carbocycles. The Balaban J connectivity index is 3.08. The van der Waals surface area contributed by atoms with Crippen molar-refractivity contribution in [3.63, 3.8) is 0 Å². The predicted octanol–water partition coefficient (Wildman–Crippen LogP) is 0.529. The van der Waals surface area contributed by atoms with Gasteiger partial charge in [0.25, 0.3) is 0 Å². The van der Waals surface area contributed by atoms with Crippen LogP contribution in [-0.4, -0.2) is 12.8 Å². The molecule has 8 heavy (non-hydrogen) atoms. The Morgan fingerprint density at radius 2 is 2.25 bits per heavy atom. The van der Waals surface area contributed by atoms with Crippen molar-refractivity contribution in [3.8, 4) is 0 Å². The average Bonchev–Trinajstić information content (AvgIpc) is 1.64. The molecule has 1 heterocycles. The fraction of sp³-hybridized carbons (Fsp3) is 0. The lowest BCUT2D eigenvalue weighted by atomic mass is 10.1. The molecule has 2 radical (unpaired) electrons. The van der Waals surface area contributed by atoms with E-state index in [1.54, 1.807) is 18.2 Å². The van der Waals surface area contributed by atoms with Crippen LogP contribution >= 0.6 is 11.6 Å². The van der Waals surface area contributed by atoms with Crippen LogP contribution in [0.4, 0.5) is 0 Å². The van der Waals surface area contributed by atoms with Gasteiger partial charge < -0.3 is 0 Å². The van der Waals surface area contributed by atoms with Crippen molar-refractivity contribution in [3.05, 3.63) is 23.4 Å². The molecule has 0 bridgehead atoms. The third kappa shape index (κ3) is 1.24. The molecule has 0 N–H and O–H groups in total. The molecule has 0 aliphatic rings. The maximum Gasteiger partial charge on any atom is 0.141 e. The standard InChI is InChI=1S/C5H3BClN/c6-4-2-1-3-5(7)8-4/h1-3H. The molecule has 0 aliphatic heterocycles. The van der Waals surface area contributed by atoms with Crippen LogP contribution in [-0.2, 0) is 0 Å². The van der Waals surface area contributed by atoms with E-state index in [1.165, 1.54) is 0 Å². The van der Waals surface area contributed by atoms with Gasteiger partial charge in [0.05, 0.1) is 0 Å². The van der Waals surface area contributed by atoms with Crippen LogP contribution < -0.4 is 5.59 Å². The second-order valence-corrected chi connectivity index (χ2v) is 1.77. The van der Waals surface area contributed by atoms with Crippen LogP contribution in [0, 0.1) is 0 Å². The minimum Gasteiger partial charge on any atom is -0.253 e. The number of nitrogens with zero attached hydrogens (tertiary/aromatic N) is 1. The smallest absolute Gasteiger partial charge is 0.141 e. The number of rotatable bonds is 0. The summed E-state index contributed by atoms with van der Waals surface area (Å²) in [6, 6.07) is 5.12. The highest BCUT2D eigenvalue weighted by atomic mass is 35.5. The van der Waals surface area contributed by atoms with E-state index < -0.39 is 0 Å². The lowest BCUT2D eigenvalue weighted by molar-refractivity contribution is 1.39. The van der Waals surface area contributed by atoms with Crippen LogP contribution in [0.1, 0.15) is 0 Å². The topological polar surface area (TPSA) is 12.9 Å². The highest BCUT2D eigenvalue weighted by Gasteiger charge is 1.84. The van der Waals surface area contributed by atoms with Gasteiger partial charge >= 0.3 is 0 Å². The summed E-state index contributed by atoms with van der Waals surface area (Å²) in [5.74, 6) is 0. The Kier molecular flexibility index (Phi) is 1.54. The minimum absolute atomic E-state index is 0.435. The van der Waals surface area contributed by atoms with Crippen molar-refractivity contribution in [2.24, 2.45) is 0 Å². The van der Waals surface area contributed by atoms with Gasteiger partial charge in [0.2, 0.25) is 0 Å². The van der Waals surface area contributed by atoms with E-state index in [-0.39, 0.29) is 0 Å². The molecule has 0 saturated heterocycles. The lowest BCUT2D eigenvalue weighted by Gasteiger charge is -1.88. The normalized spacial score (nSPS) is 9.12. The van der Waals surface area contributed by atoms with E-state index in [9.17, 15) is 0 Å². The van der Waals surface area contributed by atoms with E-state index in [1.807, 2.05) is 0 Å². The maximum atomic E-state index is 5.45. The maximum absolute atomic E-state index is 5.45.